The van der Waals surface area contributed by atoms with Crippen LogP contribution in [-0.2, 0) is 4.74 Å². The summed E-state index contributed by atoms with van der Waals surface area (Å²) in [6.07, 6.45) is 4.08. The van der Waals surface area contributed by atoms with Crippen LogP contribution in [0.4, 0.5) is 0 Å². The van der Waals surface area contributed by atoms with E-state index in [1.807, 2.05) is 0 Å². The number of fused-ring (bicyclic) bond motifs is 1. The van der Waals surface area contributed by atoms with Gasteiger partial charge < -0.3 is 14.2 Å². The van der Waals surface area contributed by atoms with Gasteiger partial charge in [0.15, 0.2) is 29.6 Å². The van der Waals surface area contributed by atoms with E-state index in [0.29, 0.717) is 17.1 Å². The normalized spacial score (nSPS) is 12.0. The minimum atomic E-state index is -0.697. The van der Waals surface area contributed by atoms with Crippen molar-refractivity contribution in [3.63, 3.8) is 0 Å². The maximum atomic E-state index is 12.0. The molecular weight excluding hydrogens is 276 g/mol. The first-order valence-corrected chi connectivity index (χ1v) is 6.10. The van der Waals surface area contributed by atoms with E-state index in [1.54, 1.807) is 18.2 Å². The van der Waals surface area contributed by atoms with E-state index < -0.39 is 5.97 Å². The summed E-state index contributed by atoms with van der Waals surface area (Å²) in [7, 11) is 0. The van der Waals surface area contributed by atoms with Crippen molar-refractivity contribution in [2.24, 2.45) is 0 Å². The highest BCUT2D eigenvalue weighted by Gasteiger charge is 2.17. The summed E-state index contributed by atoms with van der Waals surface area (Å²) in [6.45, 7) is -0.246. The first kappa shape index (κ1) is 13.0. The van der Waals surface area contributed by atoms with E-state index in [-0.39, 0.29) is 24.9 Å². The number of ketones is 1. The van der Waals surface area contributed by atoms with Crippen LogP contribution >= 0.6 is 0 Å². The Morgan fingerprint density at radius 3 is 2.86 bits per heavy atom. The molecule has 0 bridgehead atoms. The van der Waals surface area contributed by atoms with Gasteiger partial charge in [0.25, 0.3) is 0 Å². The lowest BCUT2D eigenvalue weighted by Crippen LogP contribution is -2.15. The molecule has 0 radical (unpaired) electrons. The van der Waals surface area contributed by atoms with Gasteiger partial charge in [-0.2, -0.15) is 0 Å². The number of hydrogen-bond acceptors (Lipinski definition) is 7. The fourth-order valence-corrected chi connectivity index (χ4v) is 1.76. The first-order valence-electron chi connectivity index (χ1n) is 6.10. The smallest absolute Gasteiger partial charge is 0.358 e. The van der Waals surface area contributed by atoms with E-state index in [4.69, 9.17) is 14.2 Å². The second-order valence-electron chi connectivity index (χ2n) is 4.16. The van der Waals surface area contributed by atoms with E-state index in [9.17, 15) is 9.59 Å². The summed E-state index contributed by atoms with van der Waals surface area (Å²) >= 11 is 0. The molecule has 0 saturated heterocycles. The minimum absolute atomic E-state index is 0.0518. The van der Waals surface area contributed by atoms with Crippen LogP contribution in [0.15, 0.2) is 36.8 Å². The average molecular weight is 286 g/mol. The van der Waals surface area contributed by atoms with Crippen LogP contribution in [0.2, 0.25) is 0 Å². The molecule has 0 saturated carbocycles. The van der Waals surface area contributed by atoms with Crippen molar-refractivity contribution in [2.75, 3.05) is 13.4 Å². The number of esters is 1. The second kappa shape index (κ2) is 5.58. The standard InChI is InChI=1S/C14H10N2O5/c17-11(7-19-14(18)10-6-15-3-4-16-10)9-1-2-12-13(5-9)21-8-20-12/h1-6H,7-8H2. The molecule has 0 N–H and O–H groups in total. The topological polar surface area (TPSA) is 87.6 Å². The number of Topliss-reactive ketones (excluding diaryl/α,β-unsaturated/α-hetero) is 1. The lowest BCUT2D eigenvalue weighted by atomic mass is 10.1. The van der Waals surface area contributed by atoms with Gasteiger partial charge in [0, 0.05) is 18.0 Å². The molecule has 1 aliphatic rings. The van der Waals surface area contributed by atoms with Crippen LogP contribution in [-0.4, -0.2) is 35.1 Å². The van der Waals surface area contributed by atoms with Gasteiger partial charge in [-0.25, -0.2) is 9.78 Å². The van der Waals surface area contributed by atoms with Gasteiger partial charge in [0.1, 0.15) is 0 Å². The Bertz CT molecular complexity index is 687. The van der Waals surface area contributed by atoms with Crippen molar-refractivity contribution >= 4 is 11.8 Å². The largest absolute Gasteiger partial charge is 0.454 e. The third kappa shape index (κ3) is 2.81. The molecule has 2 heterocycles. The van der Waals surface area contributed by atoms with Crippen molar-refractivity contribution < 1.29 is 23.8 Å². The SMILES string of the molecule is O=C(COC(=O)c1cnccn1)c1ccc2c(c1)OCO2. The second-order valence-corrected chi connectivity index (χ2v) is 4.16. The van der Waals surface area contributed by atoms with Crippen LogP contribution in [0.1, 0.15) is 20.8 Å². The zero-order chi connectivity index (χ0) is 14.7. The number of aromatic nitrogens is 2. The average Bonchev–Trinajstić information content (AvgIpc) is 3.00. The maximum absolute atomic E-state index is 12.0. The van der Waals surface area contributed by atoms with Gasteiger partial charge in [-0.1, -0.05) is 0 Å². The van der Waals surface area contributed by atoms with Gasteiger partial charge >= 0.3 is 5.97 Å². The Labute approximate surface area is 119 Å². The van der Waals surface area contributed by atoms with Crippen LogP contribution in [0.3, 0.4) is 0 Å². The Morgan fingerprint density at radius 2 is 2.05 bits per heavy atom. The fourth-order valence-electron chi connectivity index (χ4n) is 1.76. The van der Waals surface area contributed by atoms with Crippen LogP contribution in [0.5, 0.6) is 11.5 Å². The van der Waals surface area contributed by atoms with Crippen LogP contribution in [0, 0.1) is 0 Å². The molecule has 0 fully saturated rings. The zero-order valence-corrected chi connectivity index (χ0v) is 10.8. The summed E-state index contributed by atoms with van der Waals surface area (Å²) in [5, 5.41) is 0. The molecule has 2 aromatic rings. The molecule has 0 unspecified atom stereocenters. The first-order chi connectivity index (χ1) is 10.2. The predicted molar refractivity (Wildman–Crippen MR) is 69.2 cm³/mol. The lowest BCUT2D eigenvalue weighted by Gasteiger charge is -2.04. The number of ether oxygens (including phenoxy) is 3. The molecule has 106 valence electrons. The van der Waals surface area contributed by atoms with Crippen molar-refractivity contribution in [2.45, 2.75) is 0 Å². The zero-order valence-electron chi connectivity index (χ0n) is 10.8. The molecule has 0 spiro atoms. The highest BCUT2D eigenvalue weighted by Crippen LogP contribution is 2.32. The third-order valence-corrected chi connectivity index (χ3v) is 2.80. The van der Waals surface area contributed by atoms with Gasteiger partial charge in [0.05, 0.1) is 6.20 Å². The predicted octanol–water partition coefficient (Wildman–Crippen LogP) is 1.24. The van der Waals surface area contributed by atoms with Crippen molar-refractivity contribution in [1.82, 2.24) is 9.97 Å². The minimum Gasteiger partial charge on any atom is -0.454 e. The molecule has 1 aromatic heterocycles. The Balaban J connectivity index is 1.63. The van der Waals surface area contributed by atoms with Gasteiger partial charge in [-0.05, 0) is 18.2 Å². The number of nitrogens with zero attached hydrogens (tertiary/aromatic N) is 2. The number of hydrogen-bond donors (Lipinski definition) is 0. The van der Waals surface area contributed by atoms with Gasteiger partial charge in [0.2, 0.25) is 6.79 Å². The summed E-state index contributed by atoms with van der Waals surface area (Å²) in [5.74, 6) is 0.0481. The van der Waals surface area contributed by atoms with Crippen molar-refractivity contribution in [3.05, 3.63) is 48.0 Å². The quantitative estimate of drug-likeness (QED) is 0.617. The summed E-state index contributed by atoms with van der Waals surface area (Å²) in [5.41, 5.74) is 0.433. The summed E-state index contributed by atoms with van der Waals surface area (Å²) in [6, 6.07) is 4.78. The molecule has 0 aliphatic carbocycles. The van der Waals surface area contributed by atoms with E-state index in [0.717, 1.165) is 0 Å². The Kier molecular flexibility index (Phi) is 3.46. The number of carbonyl (C=O) groups is 2. The number of benzene rings is 1. The van der Waals surface area contributed by atoms with E-state index in [2.05, 4.69) is 9.97 Å². The van der Waals surface area contributed by atoms with Crippen LogP contribution in [0.25, 0.3) is 0 Å². The molecular formula is C14H10N2O5. The third-order valence-electron chi connectivity index (χ3n) is 2.80. The summed E-state index contributed by atoms with van der Waals surface area (Å²) < 4.78 is 15.2. The fraction of sp³-hybridized carbons (Fsp3) is 0.143. The Hall–Kier alpha value is -2.96. The molecule has 1 aromatic carbocycles. The molecule has 7 heteroatoms. The van der Waals surface area contributed by atoms with Crippen LogP contribution < -0.4 is 9.47 Å². The molecule has 21 heavy (non-hydrogen) atoms. The summed E-state index contributed by atoms with van der Waals surface area (Å²) in [4.78, 5) is 31.2. The van der Waals surface area contributed by atoms with Gasteiger partial charge in [-0.15, -0.1) is 0 Å². The van der Waals surface area contributed by atoms with E-state index >= 15 is 0 Å². The van der Waals surface area contributed by atoms with Gasteiger partial charge in [-0.3, -0.25) is 9.78 Å². The van der Waals surface area contributed by atoms with Crippen molar-refractivity contribution in [3.8, 4) is 11.5 Å². The monoisotopic (exact) mass is 286 g/mol. The van der Waals surface area contributed by atoms with E-state index in [1.165, 1.54) is 18.6 Å². The molecule has 1 aliphatic heterocycles. The molecule has 0 amide bonds. The molecule has 7 nitrogen and oxygen atoms in total. The highest BCUT2D eigenvalue weighted by molar-refractivity contribution is 5.99. The number of rotatable bonds is 4. The number of carbonyl (C=O) groups excluding carboxylic acids is 2. The highest BCUT2D eigenvalue weighted by atomic mass is 16.7. The molecule has 0 atom stereocenters. The maximum Gasteiger partial charge on any atom is 0.358 e. The molecule has 3 rings (SSSR count). The Morgan fingerprint density at radius 1 is 1.19 bits per heavy atom. The van der Waals surface area contributed by atoms with Crippen molar-refractivity contribution in [1.29, 1.82) is 0 Å². The lowest BCUT2D eigenvalue weighted by molar-refractivity contribution is 0.0468.